The number of benzene rings is 2. The minimum Gasteiger partial charge on any atom is -0.422 e. The third-order valence-corrected chi connectivity index (χ3v) is 5.54. The highest BCUT2D eigenvalue weighted by Gasteiger charge is 2.10. The summed E-state index contributed by atoms with van der Waals surface area (Å²) in [4.78, 5) is 16.8. The van der Waals surface area contributed by atoms with E-state index in [4.69, 9.17) is 16.0 Å². The van der Waals surface area contributed by atoms with Crippen LogP contribution in [0.4, 0.5) is 5.13 Å². The molecule has 0 bridgehead atoms. The number of anilines is 1. The van der Waals surface area contributed by atoms with Gasteiger partial charge in [-0.1, -0.05) is 39.7 Å². The largest absolute Gasteiger partial charge is 0.422 e. The molecule has 0 saturated carbocycles. The van der Waals surface area contributed by atoms with Crippen molar-refractivity contribution in [2.45, 2.75) is 6.92 Å². The maximum absolute atomic E-state index is 12.3. The van der Waals surface area contributed by atoms with Crippen molar-refractivity contribution in [1.82, 2.24) is 4.98 Å². The monoisotopic (exact) mass is 473 g/mol. The summed E-state index contributed by atoms with van der Waals surface area (Å²) in [7, 11) is 0. The van der Waals surface area contributed by atoms with Crippen molar-refractivity contribution in [1.29, 1.82) is 0 Å². The first-order valence-corrected chi connectivity index (χ1v) is 10.3. The van der Waals surface area contributed by atoms with Crippen LogP contribution in [0.3, 0.4) is 0 Å². The van der Waals surface area contributed by atoms with Crippen LogP contribution in [-0.2, 0) is 0 Å². The maximum atomic E-state index is 12.3. The minimum atomic E-state index is -0.432. The van der Waals surface area contributed by atoms with Crippen LogP contribution in [0.2, 0.25) is 5.02 Å². The van der Waals surface area contributed by atoms with Gasteiger partial charge in [-0.2, -0.15) is 5.10 Å². The zero-order chi connectivity index (χ0) is 19.7. The molecule has 4 rings (SSSR count). The van der Waals surface area contributed by atoms with E-state index in [1.165, 1.54) is 11.3 Å². The van der Waals surface area contributed by atoms with Crippen molar-refractivity contribution in [2.24, 2.45) is 5.10 Å². The summed E-state index contributed by atoms with van der Waals surface area (Å²) in [6.07, 6.45) is 0. The van der Waals surface area contributed by atoms with E-state index in [1.54, 1.807) is 19.1 Å². The fraction of sp³-hybridized carbons (Fsp3) is 0.0500. The van der Waals surface area contributed by atoms with E-state index in [9.17, 15) is 4.79 Å². The van der Waals surface area contributed by atoms with Gasteiger partial charge in [-0.3, -0.25) is 5.43 Å². The number of rotatable bonds is 4. The quantitative estimate of drug-likeness (QED) is 0.218. The first-order chi connectivity index (χ1) is 13.5. The topological polar surface area (TPSA) is 67.5 Å². The number of nitrogens with zero attached hydrogens (tertiary/aromatic N) is 2. The predicted octanol–water partition coefficient (Wildman–Crippen LogP) is 6.17. The van der Waals surface area contributed by atoms with Crippen LogP contribution in [0.25, 0.3) is 22.2 Å². The molecule has 140 valence electrons. The second-order valence-electron chi connectivity index (χ2n) is 5.98. The van der Waals surface area contributed by atoms with Gasteiger partial charge >= 0.3 is 5.63 Å². The Labute approximate surface area is 177 Å². The third kappa shape index (κ3) is 4.01. The Morgan fingerprint density at radius 2 is 2.00 bits per heavy atom. The van der Waals surface area contributed by atoms with E-state index in [0.29, 0.717) is 27.0 Å². The molecule has 0 unspecified atom stereocenters. The highest BCUT2D eigenvalue weighted by Crippen LogP contribution is 2.26. The predicted molar refractivity (Wildman–Crippen MR) is 119 cm³/mol. The molecule has 2 aromatic heterocycles. The van der Waals surface area contributed by atoms with Crippen molar-refractivity contribution in [3.05, 3.63) is 79.4 Å². The Morgan fingerprint density at radius 3 is 2.79 bits per heavy atom. The van der Waals surface area contributed by atoms with E-state index in [-0.39, 0.29) is 0 Å². The van der Waals surface area contributed by atoms with Crippen LogP contribution in [0.1, 0.15) is 12.5 Å². The molecule has 5 nitrogen and oxygen atoms in total. The van der Waals surface area contributed by atoms with Gasteiger partial charge in [0.25, 0.3) is 0 Å². The van der Waals surface area contributed by atoms with Crippen molar-refractivity contribution < 1.29 is 4.42 Å². The second-order valence-corrected chi connectivity index (χ2v) is 8.19. The van der Waals surface area contributed by atoms with Gasteiger partial charge in [0.2, 0.25) is 5.13 Å². The van der Waals surface area contributed by atoms with Crippen molar-refractivity contribution in [3.8, 4) is 11.3 Å². The Hall–Kier alpha value is -2.48. The lowest BCUT2D eigenvalue weighted by atomic mass is 10.1. The number of nitrogens with one attached hydrogen (secondary N) is 1. The number of hydrogen-bond donors (Lipinski definition) is 1. The first-order valence-electron chi connectivity index (χ1n) is 8.25. The zero-order valence-corrected chi connectivity index (χ0v) is 17.7. The van der Waals surface area contributed by atoms with Crippen LogP contribution in [0.15, 0.2) is 72.7 Å². The molecule has 0 radical (unpaired) electrons. The van der Waals surface area contributed by atoms with Crippen molar-refractivity contribution in [2.75, 3.05) is 5.43 Å². The number of hydrazone groups is 1. The molecule has 0 fully saturated rings. The molecule has 2 heterocycles. The van der Waals surface area contributed by atoms with Gasteiger partial charge in [-0.05, 0) is 43.3 Å². The fourth-order valence-corrected chi connectivity index (χ4v) is 3.78. The van der Waals surface area contributed by atoms with Gasteiger partial charge in [0.05, 0.1) is 17.0 Å². The molecule has 0 saturated heterocycles. The summed E-state index contributed by atoms with van der Waals surface area (Å²) in [6, 6.07) is 14.7. The van der Waals surface area contributed by atoms with Crippen LogP contribution < -0.4 is 11.1 Å². The summed E-state index contributed by atoms with van der Waals surface area (Å²) in [5.41, 5.74) is 5.71. The summed E-state index contributed by atoms with van der Waals surface area (Å²) in [6.45, 7) is 1.75. The van der Waals surface area contributed by atoms with E-state index in [1.807, 2.05) is 41.8 Å². The Balaban J connectivity index is 1.58. The van der Waals surface area contributed by atoms with Gasteiger partial charge < -0.3 is 4.42 Å². The summed E-state index contributed by atoms with van der Waals surface area (Å²) in [5.74, 6) is 0. The Morgan fingerprint density at radius 1 is 1.21 bits per heavy atom. The standard InChI is InChI=1S/C20H13BrClN3O2S/c1-11(16-9-13-8-14(21)4-7-18(13)27-19(16)26)24-25-20-23-17(10-28-20)12-2-5-15(22)6-3-12/h2-10H,1H3,(H,23,25). The molecule has 8 heteroatoms. The average Bonchev–Trinajstić information content (AvgIpc) is 3.15. The van der Waals surface area contributed by atoms with Gasteiger partial charge in [0, 0.05) is 25.8 Å². The molecule has 4 aromatic rings. The Kier molecular flexibility index (Phi) is 5.30. The highest BCUT2D eigenvalue weighted by molar-refractivity contribution is 9.10. The van der Waals surface area contributed by atoms with Gasteiger partial charge in [0.15, 0.2) is 0 Å². The Bertz CT molecular complexity index is 1250. The molecule has 0 atom stereocenters. The SMILES string of the molecule is CC(=NNc1nc(-c2ccc(Cl)cc2)cs1)c1cc2cc(Br)ccc2oc1=O. The fourth-order valence-electron chi connectivity index (χ4n) is 2.62. The third-order valence-electron chi connectivity index (χ3n) is 4.05. The maximum Gasteiger partial charge on any atom is 0.345 e. The van der Waals surface area contributed by atoms with Crippen LogP contribution in [0, 0.1) is 0 Å². The van der Waals surface area contributed by atoms with Crippen molar-refractivity contribution in [3.63, 3.8) is 0 Å². The van der Waals surface area contributed by atoms with Crippen LogP contribution in [-0.4, -0.2) is 10.7 Å². The molecule has 2 aromatic carbocycles. The van der Waals surface area contributed by atoms with Gasteiger partial charge in [-0.15, -0.1) is 11.3 Å². The van der Waals surface area contributed by atoms with Crippen LogP contribution in [0.5, 0.6) is 0 Å². The lowest BCUT2D eigenvalue weighted by Crippen LogP contribution is -2.13. The summed E-state index contributed by atoms with van der Waals surface area (Å²) >= 11 is 10.8. The molecule has 0 aliphatic carbocycles. The highest BCUT2D eigenvalue weighted by atomic mass is 79.9. The molecule has 0 aliphatic heterocycles. The smallest absolute Gasteiger partial charge is 0.345 e. The number of halogens is 2. The number of fused-ring (bicyclic) bond motifs is 1. The minimum absolute atomic E-state index is 0.396. The molecule has 0 amide bonds. The lowest BCUT2D eigenvalue weighted by molar-refractivity contribution is 0.559. The van der Waals surface area contributed by atoms with Gasteiger partial charge in [0.1, 0.15) is 5.58 Å². The van der Waals surface area contributed by atoms with E-state index in [2.05, 4.69) is 31.4 Å². The molecule has 0 aliphatic rings. The number of hydrogen-bond acceptors (Lipinski definition) is 6. The number of thiazole rings is 1. The summed E-state index contributed by atoms with van der Waals surface area (Å²) in [5, 5.41) is 8.35. The average molecular weight is 475 g/mol. The molecular formula is C20H13BrClN3O2S. The number of aromatic nitrogens is 1. The van der Waals surface area contributed by atoms with E-state index >= 15 is 0 Å². The first kappa shape index (κ1) is 18.9. The zero-order valence-electron chi connectivity index (χ0n) is 14.6. The van der Waals surface area contributed by atoms with Crippen LogP contribution >= 0.6 is 38.9 Å². The summed E-state index contributed by atoms with van der Waals surface area (Å²) < 4.78 is 6.29. The van der Waals surface area contributed by atoms with E-state index < -0.39 is 5.63 Å². The van der Waals surface area contributed by atoms with E-state index in [0.717, 1.165) is 21.1 Å². The van der Waals surface area contributed by atoms with Crippen molar-refractivity contribution >= 4 is 60.7 Å². The van der Waals surface area contributed by atoms with Gasteiger partial charge in [-0.25, -0.2) is 9.78 Å². The lowest BCUT2D eigenvalue weighted by Gasteiger charge is -2.03. The molecule has 1 N–H and O–H groups in total. The normalized spacial score (nSPS) is 11.8. The molecule has 28 heavy (non-hydrogen) atoms. The molecule has 0 spiro atoms. The second kappa shape index (κ2) is 7.87. The molecular weight excluding hydrogens is 462 g/mol.